The van der Waals surface area contributed by atoms with Crippen LogP contribution in [0.4, 0.5) is 5.69 Å². The van der Waals surface area contributed by atoms with Crippen molar-refractivity contribution in [1.82, 2.24) is 0 Å². The molecule has 1 amide bonds. The summed E-state index contributed by atoms with van der Waals surface area (Å²) in [6.45, 7) is 4.05. The first-order valence-electron chi connectivity index (χ1n) is 7.64. The van der Waals surface area contributed by atoms with Gasteiger partial charge in [0, 0.05) is 10.6 Å². The number of anilines is 1. The molecule has 2 rings (SSSR count). The maximum atomic E-state index is 12.1. The molecule has 1 N–H and O–H groups in total. The molecular formula is C19H21NO4S. The van der Waals surface area contributed by atoms with Gasteiger partial charge in [-0.2, -0.15) is 0 Å². The second kappa shape index (κ2) is 9.64. The predicted octanol–water partition coefficient (Wildman–Crippen LogP) is 4.00. The van der Waals surface area contributed by atoms with Crippen molar-refractivity contribution in [2.24, 2.45) is 0 Å². The molecule has 0 bridgehead atoms. The van der Waals surface area contributed by atoms with E-state index in [0.29, 0.717) is 23.9 Å². The van der Waals surface area contributed by atoms with Crippen molar-refractivity contribution in [1.29, 1.82) is 0 Å². The fraction of sp³-hybridized carbons (Fsp3) is 0.211. The van der Waals surface area contributed by atoms with E-state index in [9.17, 15) is 4.79 Å². The van der Waals surface area contributed by atoms with Crippen molar-refractivity contribution >= 4 is 23.4 Å². The highest BCUT2D eigenvalue weighted by Crippen LogP contribution is 2.31. The van der Waals surface area contributed by atoms with Gasteiger partial charge in [0.15, 0.2) is 11.5 Å². The number of hydrogen-bond acceptors (Lipinski definition) is 5. The summed E-state index contributed by atoms with van der Waals surface area (Å²) in [5.41, 5.74) is 0.726. The lowest BCUT2D eigenvalue weighted by Gasteiger charge is -2.10. The summed E-state index contributed by atoms with van der Waals surface area (Å²) < 4.78 is 15.9. The van der Waals surface area contributed by atoms with Crippen LogP contribution in [0, 0.1) is 0 Å². The molecule has 0 saturated carbocycles. The summed E-state index contributed by atoms with van der Waals surface area (Å²) in [6.07, 6.45) is 1.68. The minimum Gasteiger partial charge on any atom is -0.493 e. The summed E-state index contributed by atoms with van der Waals surface area (Å²) in [5.74, 6) is 2.25. The van der Waals surface area contributed by atoms with Crippen molar-refractivity contribution in [3.8, 4) is 17.2 Å². The molecular weight excluding hydrogens is 338 g/mol. The van der Waals surface area contributed by atoms with Crippen LogP contribution in [0.15, 0.2) is 60.0 Å². The lowest BCUT2D eigenvalue weighted by molar-refractivity contribution is -0.113. The van der Waals surface area contributed by atoms with Crippen molar-refractivity contribution in [3.63, 3.8) is 0 Å². The Balaban J connectivity index is 1.87. The first-order chi connectivity index (χ1) is 12.2. The molecule has 0 aliphatic heterocycles. The quantitative estimate of drug-likeness (QED) is 0.542. The second-order valence-electron chi connectivity index (χ2n) is 4.98. The third kappa shape index (κ3) is 5.76. The SMILES string of the molecule is C=CCOc1ccc(NC(=O)CSc2ccc(OC)c(OC)c2)cc1. The van der Waals surface area contributed by atoms with Crippen LogP contribution >= 0.6 is 11.8 Å². The zero-order valence-corrected chi connectivity index (χ0v) is 15.1. The van der Waals surface area contributed by atoms with E-state index in [1.807, 2.05) is 18.2 Å². The highest BCUT2D eigenvalue weighted by atomic mass is 32.2. The Morgan fingerprint density at radius 3 is 2.48 bits per heavy atom. The van der Waals surface area contributed by atoms with Crippen molar-refractivity contribution in [2.45, 2.75) is 4.90 Å². The number of nitrogens with one attached hydrogen (secondary N) is 1. The second-order valence-corrected chi connectivity index (χ2v) is 6.03. The van der Waals surface area contributed by atoms with Crippen molar-refractivity contribution < 1.29 is 19.0 Å². The summed E-state index contributed by atoms with van der Waals surface area (Å²) in [7, 11) is 3.17. The zero-order chi connectivity index (χ0) is 18.1. The number of amides is 1. The van der Waals surface area contributed by atoms with Gasteiger partial charge >= 0.3 is 0 Å². The van der Waals surface area contributed by atoms with Gasteiger partial charge in [-0.3, -0.25) is 4.79 Å². The first kappa shape index (κ1) is 18.7. The van der Waals surface area contributed by atoms with E-state index in [4.69, 9.17) is 14.2 Å². The molecule has 0 saturated heterocycles. The molecule has 0 unspecified atom stereocenters. The fourth-order valence-corrected chi connectivity index (χ4v) is 2.77. The van der Waals surface area contributed by atoms with Gasteiger partial charge in [0.2, 0.25) is 5.91 Å². The summed E-state index contributed by atoms with van der Waals surface area (Å²) in [5, 5.41) is 2.86. The molecule has 5 nitrogen and oxygen atoms in total. The molecule has 0 heterocycles. The van der Waals surface area contributed by atoms with Crippen LogP contribution in [0.2, 0.25) is 0 Å². The maximum absolute atomic E-state index is 12.1. The molecule has 0 aromatic heterocycles. The molecule has 2 aromatic rings. The smallest absolute Gasteiger partial charge is 0.234 e. The van der Waals surface area contributed by atoms with Crippen molar-refractivity contribution in [2.75, 3.05) is 31.9 Å². The van der Waals surface area contributed by atoms with E-state index in [-0.39, 0.29) is 5.91 Å². The minimum absolute atomic E-state index is 0.0838. The average Bonchev–Trinajstić information content (AvgIpc) is 2.65. The van der Waals surface area contributed by atoms with Gasteiger partial charge in [-0.1, -0.05) is 12.7 Å². The normalized spacial score (nSPS) is 10.0. The van der Waals surface area contributed by atoms with Crippen LogP contribution in [0.25, 0.3) is 0 Å². The summed E-state index contributed by atoms with van der Waals surface area (Å²) in [6, 6.07) is 12.8. The van der Waals surface area contributed by atoms with Gasteiger partial charge in [-0.25, -0.2) is 0 Å². The number of rotatable bonds is 9. The number of carbonyl (C=O) groups excluding carboxylic acids is 1. The molecule has 132 valence electrons. The molecule has 0 atom stereocenters. The standard InChI is InChI=1S/C19H21NO4S/c1-4-11-24-15-7-5-14(6-8-15)20-19(21)13-25-16-9-10-17(22-2)18(12-16)23-3/h4-10,12H,1,11,13H2,2-3H3,(H,20,21). The van der Waals surface area contributed by atoms with Gasteiger partial charge in [-0.15, -0.1) is 11.8 Å². The largest absolute Gasteiger partial charge is 0.493 e. The third-order valence-corrected chi connectivity index (χ3v) is 4.22. The zero-order valence-electron chi connectivity index (χ0n) is 14.3. The number of hydrogen-bond donors (Lipinski definition) is 1. The lowest BCUT2D eigenvalue weighted by atomic mass is 10.3. The van der Waals surface area contributed by atoms with E-state index in [2.05, 4.69) is 11.9 Å². The first-order valence-corrected chi connectivity index (χ1v) is 8.63. The van der Waals surface area contributed by atoms with Gasteiger partial charge in [0.05, 0.1) is 20.0 Å². The third-order valence-electron chi connectivity index (χ3n) is 3.23. The van der Waals surface area contributed by atoms with Crippen LogP contribution in [-0.4, -0.2) is 32.5 Å². The fourth-order valence-electron chi connectivity index (χ4n) is 2.04. The molecule has 0 aliphatic carbocycles. The van der Waals surface area contributed by atoms with E-state index in [0.717, 1.165) is 16.3 Å². The molecule has 0 spiro atoms. The minimum atomic E-state index is -0.0838. The Morgan fingerprint density at radius 2 is 1.84 bits per heavy atom. The van der Waals surface area contributed by atoms with E-state index < -0.39 is 0 Å². The van der Waals surface area contributed by atoms with E-state index >= 15 is 0 Å². The van der Waals surface area contributed by atoms with Crippen LogP contribution in [0.3, 0.4) is 0 Å². The van der Waals surface area contributed by atoms with Gasteiger partial charge in [0.25, 0.3) is 0 Å². The Hall–Kier alpha value is -2.60. The van der Waals surface area contributed by atoms with E-state index in [1.54, 1.807) is 44.6 Å². The molecule has 0 fully saturated rings. The van der Waals surface area contributed by atoms with E-state index in [1.165, 1.54) is 11.8 Å². The van der Waals surface area contributed by atoms with Crippen LogP contribution in [0.1, 0.15) is 0 Å². The number of carbonyl (C=O) groups is 1. The Morgan fingerprint density at radius 1 is 1.12 bits per heavy atom. The molecule has 2 aromatic carbocycles. The van der Waals surface area contributed by atoms with Gasteiger partial charge in [0.1, 0.15) is 12.4 Å². The van der Waals surface area contributed by atoms with Gasteiger partial charge in [-0.05, 0) is 42.5 Å². The number of thioether (sulfide) groups is 1. The van der Waals surface area contributed by atoms with Crippen LogP contribution in [-0.2, 0) is 4.79 Å². The summed E-state index contributed by atoms with van der Waals surface area (Å²) >= 11 is 1.43. The van der Waals surface area contributed by atoms with Crippen molar-refractivity contribution in [3.05, 3.63) is 55.1 Å². The van der Waals surface area contributed by atoms with Crippen LogP contribution < -0.4 is 19.5 Å². The molecule has 25 heavy (non-hydrogen) atoms. The average molecular weight is 359 g/mol. The van der Waals surface area contributed by atoms with Gasteiger partial charge < -0.3 is 19.5 Å². The lowest BCUT2D eigenvalue weighted by Crippen LogP contribution is -2.13. The maximum Gasteiger partial charge on any atom is 0.234 e. The topological polar surface area (TPSA) is 56.8 Å². The number of ether oxygens (including phenoxy) is 3. The Labute approximate surface area is 152 Å². The highest BCUT2D eigenvalue weighted by Gasteiger charge is 2.08. The van der Waals surface area contributed by atoms with Crippen LogP contribution in [0.5, 0.6) is 17.2 Å². The Bertz CT molecular complexity index is 716. The molecule has 0 radical (unpaired) electrons. The number of benzene rings is 2. The summed E-state index contributed by atoms with van der Waals surface area (Å²) in [4.78, 5) is 13.0. The monoisotopic (exact) mass is 359 g/mol. The number of methoxy groups -OCH3 is 2. The highest BCUT2D eigenvalue weighted by molar-refractivity contribution is 8.00. The molecule has 6 heteroatoms. The Kier molecular flexibility index (Phi) is 7.22. The molecule has 0 aliphatic rings. The predicted molar refractivity (Wildman–Crippen MR) is 101 cm³/mol.